The summed E-state index contributed by atoms with van der Waals surface area (Å²) in [5, 5.41) is 8.96. The van der Waals surface area contributed by atoms with Gasteiger partial charge >= 0.3 is 5.97 Å². The molecule has 0 unspecified atom stereocenters. The summed E-state index contributed by atoms with van der Waals surface area (Å²) in [6, 6.07) is 16.4. The maximum atomic E-state index is 10.9. The average molecular weight is 283 g/mol. The Morgan fingerprint density at radius 2 is 1.86 bits per heavy atom. The molecular weight excluding hydrogens is 262 g/mol. The fourth-order valence-electron chi connectivity index (χ4n) is 2.35. The molecule has 0 spiro atoms. The van der Waals surface area contributed by atoms with E-state index in [1.807, 2.05) is 37.3 Å². The molecule has 110 valence electrons. The van der Waals surface area contributed by atoms with E-state index in [2.05, 4.69) is 30.0 Å². The maximum absolute atomic E-state index is 10.9. The van der Waals surface area contributed by atoms with Crippen molar-refractivity contribution in [3.8, 4) is 0 Å². The molecule has 2 aromatic carbocycles. The number of benzene rings is 2. The average Bonchev–Trinajstić information content (AvgIpc) is 2.45. The third-order valence-electron chi connectivity index (χ3n) is 3.58. The summed E-state index contributed by atoms with van der Waals surface area (Å²) in [6.45, 7) is 5.37. The Hall–Kier alpha value is -2.29. The quantitative estimate of drug-likeness (QED) is 0.877. The SMILES string of the molecule is Cc1cccc(N(CCC(=O)O)Cc2ccccc2C)c1. The molecular formula is C18H21NO2. The fourth-order valence-corrected chi connectivity index (χ4v) is 2.35. The lowest BCUT2D eigenvalue weighted by Crippen LogP contribution is -2.26. The van der Waals surface area contributed by atoms with Crippen LogP contribution in [-0.2, 0) is 11.3 Å². The zero-order valence-corrected chi connectivity index (χ0v) is 12.5. The van der Waals surface area contributed by atoms with Crippen LogP contribution in [0.2, 0.25) is 0 Å². The molecule has 0 atom stereocenters. The molecule has 0 saturated carbocycles. The summed E-state index contributed by atoms with van der Waals surface area (Å²) >= 11 is 0. The lowest BCUT2D eigenvalue weighted by molar-refractivity contribution is -0.136. The van der Waals surface area contributed by atoms with Crippen LogP contribution in [0.25, 0.3) is 0 Å². The number of hydrogen-bond acceptors (Lipinski definition) is 2. The van der Waals surface area contributed by atoms with Gasteiger partial charge in [-0.05, 0) is 42.7 Å². The molecule has 3 heteroatoms. The number of carbonyl (C=O) groups is 1. The van der Waals surface area contributed by atoms with Crippen LogP contribution in [0, 0.1) is 13.8 Å². The van der Waals surface area contributed by atoms with Gasteiger partial charge in [-0.2, -0.15) is 0 Å². The fraction of sp³-hybridized carbons (Fsp3) is 0.278. The molecule has 0 aromatic heterocycles. The predicted molar refractivity (Wildman–Crippen MR) is 85.7 cm³/mol. The zero-order valence-electron chi connectivity index (χ0n) is 12.5. The van der Waals surface area contributed by atoms with Gasteiger partial charge in [0.25, 0.3) is 0 Å². The van der Waals surface area contributed by atoms with Gasteiger partial charge in [0, 0.05) is 18.8 Å². The summed E-state index contributed by atoms with van der Waals surface area (Å²) in [7, 11) is 0. The monoisotopic (exact) mass is 283 g/mol. The summed E-state index contributed by atoms with van der Waals surface area (Å²) in [6.07, 6.45) is 0.139. The van der Waals surface area contributed by atoms with Crippen LogP contribution in [0.4, 0.5) is 5.69 Å². The van der Waals surface area contributed by atoms with Gasteiger partial charge in [0.2, 0.25) is 0 Å². The van der Waals surface area contributed by atoms with Gasteiger partial charge in [0.15, 0.2) is 0 Å². The normalized spacial score (nSPS) is 10.4. The highest BCUT2D eigenvalue weighted by Gasteiger charge is 2.11. The number of carboxylic acid groups (broad SMARTS) is 1. The van der Waals surface area contributed by atoms with Crippen LogP contribution < -0.4 is 4.90 Å². The minimum Gasteiger partial charge on any atom is -0.481 e. The second kappa shape index (κ2) is 6.93. The number of anilines is 1. The lowest BCUT2D eigenvalue weighted by Gasteiger charge is -2.25. The topological polar surface area (TPSA) is 40.5 Å². The van der Waals surface area contributed by atoms with Gasteiger partial charge in [0.05, 0.1) is 6.42 Å². The Labute approximate surface area is 125 Å². The number of aliphatic carboxylic acids is 1. The van der Waals surface area contributed by atoms with Crippen LogP contribution in [0.5, 0.6) is 0 Å². The smallest absolute Gasteiger partial charge is 0.305 e. The van der Waals surface area contributed by atoms with E-state index in [1.165, 1.54) is 16.7 Å². The number of rotatable bonds is 6. The summed E-state index contributed by atoms with van der Waals surface area (Å²) in [5.74, 6) is -0.766. The Morgan fingerprint density at radius 1 is 1.10 bits per heavy atom. The van der Waals surface area contributed by atoms with Gasteiger partial charge < -0.3 is 10.0 Å². The van der Waals surface area contributed by atoms with Gasteiger partial charge in [-0.25, -0.2) is 0 Å². The zero-order chi connectivity index (χ0) is 15.2. The predicted octanol–water partition coefficient (Wildman–Crippen LogP) is 3.78. The van der Waals surface area contributed by atoms with Crippen molar-refractivity contribution in [1.29, 1.82) is 0 Å². The third-order valence-corrected chi connectivity index (χ3v) is 3.58. The first-order valence-corrected chi connectivity index (χ1v) is 7.14. The molecule has 0 fully saturated rings. The Balaban J connectivity index is 2.23. The molecule has 3 nitrogen and oxygen atoms in total. The third kappa shape index (κ3) is 4.35. The van der Waals surface area contributed by atoms with E-state index in [0.29, 0.717) is 6.54 Å². The van der Waals surface area contributed by atoms with Crippen LogP contribution in [-0.4, -0.2) is 17.6 Å². The highest BCUT2D eigenvalue weighted by Crippen LogP contribution is 2.20. The van der Waals surface area contributed by atoms with E-state index < -0.39 is 5.97 Å². The van der Waals surface area contributed by atoms with E-state index in [1.54, 1.807) is 0 Å². The second-order valence-electron chi connectivity index (χ2n) is 5.33. The van der Waals surface area contributed by atoms with E-state index in [4.69, 9.17) is 5.11 Å². The Kier molecular flexibility index (Phi) is 4.99. The minimum absolute atomic E-state index is 0.139. The first kappa shape index (κ1) is 15.1. The molecule has 0 aliphatic heterocycles. The second-order valence-corrected chi connectivity index (χ2v) is 5.33. The van der Waals surface area contributed by atoms with E-state index in [-0.39, 0.29) is 6.42 Å². The van der Waals surface area contributed by atoms with Crippen molar-refractivity contribution in [2.24, 2.45) is 0 Å². The van der Waals surface area contributed by atoms with E-state index in [9.17, 15) is 4.79 Å². The van der Waals surface area contributed by atoms with Crippen LogP contribution in [0.3, 0.4) is 0 Å². The number of aryl methyl sites for hydroxylation is 2. The molecule has 0 aliphatic rings. The Morgan fingerprint density at radius 3 is 2.52 bits per heavy atom. The molecule has 0 heterocycles. The van der Waals surface area contributed by atoms with Crippen LogP contribution in [0.1, 0.15) is 23.1 Å². The molecule has 1 N–H and O–H groups in total. The molecule has 0 saturated heterocycles. The molecule has 0 bridgehead atoms. The molecule has 0 aliphatic carbocycles. The molecule has 2 aromatic rings. The van der Waals surface area contributed by atoms with Gasteiger partial charge in [0.1, 0.15) is 0 Å². The molecule has 0 amide bonds. The van der Waals surface area contributed by atoms with Gasteiger partial charge in [-0.3, -0.25) is 4.79 Å². The lowest BCUT2D eigenvalue weighted by atomic mass is 10.1. The maximum Gasteiger partial charge on any atom is 0.305 e. The van der Waals surface area contributed by atoms with Crippen molar-refractivity contribution in [1.82, 2.24) is 0 Å². The highest BCUT2D eigenvalue weighted by molar-refractivity contribution is 5.67. The van der Waals surface area contributed by atoms with Crippen molar-refractivity contribution >= 4 is 11.7 Å². The van der Waals surface area contributed by atoms with Crippen LogP contribution >= 0.6 is 0 Å². The first-order chi connectivity index (χ1) is 10.1. The van der Waals surface area contributed by atoms with Crippen molar-refractivity contribution in [2.75, 3.05) is 11.4 Å². The van der Waals surface area contributed by atoms with Crippen LogP contribution in [0.15, 0.2) is 48.5 Å². The summed E-state index contributed by atoms with van der Waals surface area (Å²) in [5.41, 5.74) is 4.70. The number of carboxylic acids is 1. The van der Waals surface area contributed by atoms with Crippen molar-refractivity contribution < 1.29 is 9.90 Å². The summed E-state index contributed by atoms with van der Waals surface area (Å²) in [4.78, 5) is 13.0. The van der Waals surface area contributed by atoms with E-state index in [0.717, 1.165) is 12.2 Å². The molecule has 21 heavy (non-hydrogen) atoms. The van der Waals surface area contributed by atoms with Gasteiger partial charge in [-0.1, -0.05) is 36.4 Å². The first-order valence-electron chi connectivity index (χ1n) is 7.14. The standard InChI is InChI=1S/C18H21NO2/c1-14-6-5-9-17(12-14)19(11-10-18(20)21)13-16-8-4-3-7-15(16)2/h3-9,12H,10-11,13H2,1-2H3,(H,20,21). The van der Waals surface area contributed by atoms with Crippen molar-refractivity contribution in [2.45, 2.75) is 26.8 Å². The van der Waals surface area contributed by atoms with Gasteiger partial charge in [-0.15, -0.1) is 0 Å². The summed E-state index contributed by atoms with van der Waals surface area (Å²) < 4.78 is 0. The number of hydrogen-bond donors (Lipinski definition) is 1. The number of nitrogens with zero attached hydrogens (tertiary/aromatic N) is 1. The molecule has 0 radical (unpaired) electrons. The van der Waals surface area contributed by atoms with E-state index >= 15 is 0 Å². The minimum atomic E-state index is -0.766. The Bertz CT molecular complexity index is 622. The largest absolute Gasteiger partial charge is 0.481 e. The molecule has 2 rings (SSSR count). The van der Waals surface area contributed by atoms with Crippen molar-refractivity contribution in [3.63, 3.8) is 0 Å². The highest BCUT2D eigenvalue weighted by atomic mass is 16.4. The van der Waals surface area contributed by atoms with Crippen molar-refractivity contribution in [3.05, 3.63) is 65.2 Å².